The van der Waals surface area contributed by atoms with Gasteiger partial charge in [0.2, 0.25) is 5.95 Å². The Kier molecular flexibility index (Phi) is 5.96. The minimum absolute atomic E-state index is 0.0527. The summed E-state index contributed by atoms with van der Waals surface area (Å²) in [6.45, 7) is 2.43. The number of nitrogens with two attached hydrogens (primary N) is 1. The fourth-order valence-corrected chi connectivity index (χ4v) is 1.51. The van der Waals surface area contributed by atoms with Crippen molar-refractivity contribution in [3.63, 3.8) is 0 Å². The molecule has 0 radical (unpaired) electrons. The average Bonchev–Trinajstić information content (AvgIpc) is 2.41. The van der Waals surface area contributed by atoms with E-state index in [0.717, 1.165) is 12.5 Å². The maximum absolute atomic E-state index is 12.6. The standard InChI is InChI=1S/C11H18F3N5O/c1-7(6-20)3-2-4-16-9-5-8(11(12,13)14)17-10(18-9)19-15/h5,7,20H,2-4,6,15H2,1H3,(H2,16,17,18,19). The summed E-state index contributed by atoms with van der Waals surface area (Å²) in [5.41, 5.74) is 0.939. The van der Waals surface area contributed by atoms with Gasteiger partial charge >= 0.3 is 6.18 Å². The molecule has 1 aromatic heterocycles. The summed E-state index contributed by atoms with van der Waals surface area (Å²) >= 11 is 0. The van der Waals surface area contributed by atoms with Crippen molar-refractivity contribution < 1.29 is 18.3 Å². The van der Waals surface area contributed by atoms with Gasteiger partial charge in [-0.15, -0.1) is 0 Å². The lowest BCUT2D eigenvalue weighted by molar-refractivity contribution is -0.141. The first-order valence-electron chi connectivity index (χ1n) is 6.14. The second-order valence-electron chi connectivity index (χ2n) is 4.46. The molecule has 0 aromatic carbocycles. The molecule has 6 nitrogen and oxygen atoms in total. The van der Waals surface area contributed by atoms with Crippen molar-refractivity contribution in [3.05, 3.63) is 11.8 Å². The fraction of sp³-hybridized carbons (Fsp3) is 0.636. The number of hydrogen-bond acceptors (Lipinski definition) is 6. The Hall–Kier alpha value is -1.61. The Labute approximate surface area is 114 Å². The predicted molar refractivity (Wildman–Crippen MR) is 68.8 cm³/mol. The van der Waals surface area contributed by atoms with Crippen molar-refractivity contribution in [2.45, 2.75) is 25.9 Å². The number of rotatable bonds is 7. The van der Waals surface area contributed by atoms with Gasteiger partial charge in [-0.25, -0.2) is 10.8 Å². The first-order chi connectivity index (χ1) is 9.36. The summed E-state index contributed by atoms with van der Waals surface area (Å²) in [5, 5.41) is 11.6. The topological polar surface area (TPSA) is 96.1 Å². The molecule has 0 aliphatic heterocycles. The third-order valence-electron chi connectivity index (χ3n) is 2.64. The quantitative estimate of drug-likeness (QED) is 0.346. The highest BCUT2D eigenvalue weighted by Crippen LogP contribution is 2.29. The zero-order chi connectivity index (χ0) is 15.2. The van der Waals surface area contributed by atoms with Gasteiger partial charge in [0.15, 0.2) is 5.69 Å². The Morgan fingerprint density at radius 2 is 2.10 bits per heavy atom. The van der Waals surface area contributed by atoms with Crippen LogP contribution in [0.3, 0.4) is 0 Å². The molecule has 0 fully saturated rings. The summed E-state index contributed by atoms with van der Waals surface area (Å²) in [6.07, 6.45) is -3.09. The monoisotopic (exact) mass is 293 g/mol. The largest absolute Gasteiger partial charge is 0.433 e. The zero-order valence-electron chi connectivity index (χ0n) is 11.0. The maximum Gasteiger partial charge on any atom is 0.433 e. The lowest BCUT2D eigenvalue weighted by Crippen LogP contribution is -2.17. The number of aromatic nitrogens is 2. The third kappa shape index (κ3) is 5.17. The fourth-order valence-electron chi connectivity index (χ4n) is 1.51. The third-order valence-corrected chi connectivity index (χ3v) is 2.64. The number of hydrogen-bond donors (Lipinski definition) is 4. The van der Waals surface area contributed by atoms with Crippen LogP contribution in [0.5, 0.6) is 0 Å². The molecule has 5 N–H and O–H groups in total. The second-order valence-corrected chi connectivity index (χ2v) is 4.46. The lowest BCUT2D eigenvalue weighted by Gasteiger charge is -2.12. The van der Waals surface area contributed by atoms with Crippen molar-refractivity contribution in [3.8, 4) is 0 Å². The molecule has 0 saturated heterocycles. The SMILES string of the molecule is CC(CO)CCCNc1cc(C(F)(F)F)nc(NN)n1. The minimum atomic E-state index is -4.56. The molecule has 0 bridgehead atoms. The summed E-state index contributed by atoms with van der Waals surface area (Å²) in [6, 6.07) is 0.830. The van der Waals surface area contributed by atoms with Crippen molar-refractivity contribution in [2.75, 3.05) is 23.9 Å². The number of hydrazine groups is 1. The Morgan fingerprint density at radius 3 is 2.65 bits per heavy atom. The molecule has 0 spiro atoms. The van der Waals surface area contributed by atoms with Gasteiger partial charge in [-0.1, -0.05) is 6.92 Å². The Morgan fingerprint density at radius 1 is 1.40 bits per heavy atom. The number of alkyl halides is 3. The highest BCUT2D eigenvalue weighted by Gasteiger charge is 2.33. The summed E-state index contributed by atoms with van der Waals surface area (Å²) in [5.74, 6) is 4.96. The van der Waals surface area contributed by atoms with E-state index in [9.17, 15) is 13.2 Å². The average molecular weight is 293 g/mol. The molecule has 0 saturated carbocycles. The van der Waals surface area contributed by atoms with Gasteiger partial charge < -0.3 is 10.4 Å². The molecule has 1 aromatic rings. The normalized spacial score (nSPS) is 13.1. The highest BCUT2D eigenvalue weighted by atomic mass is 19.4. The number of aliphatic hydroxyl groups is 1. The van der Waals surface area contributed by atoms with E-state index >= 15 is 0 Å². The van der Waals surface area contributed by atoms with Gasteiger partial charge in [0.1, 0.15) is 5.82 Å². The van der Waals surface area contributed by atoms with Crippen molar-refractivity contribution in [1.29, 1.82) is 0 Å². The van der Waals surface area contributed by atoms with Crippen LogP contribution in [0.1, 0.15) is 25.5 Å². The van der Waals surface area contributed by atoms with E-state index in [0.29, 0.717) is 13.0 Å². The van der Waals surface area contributed by atoms with Gasteiger partial charge in [-0.3, -0.25) is 5.43 Å². The van der Waals surface area contributed by atoms with E-state index in [1.54, 1.807) is 0 Å². The first-order valence-corrected chi connectivity index (χ1v) is 6.14. The van der Waals surface area contributed by atoms with E-state index in [2.05, 4.69) is 15.3 Å². The van der Waals surface area contributed by atoms with Gasteiger partial charge in [0.25, 0.3) is 0 Å². The number of anilines is 2. The van der Waals surface area contributed by atoms with E-state index in [-0.39, 0.29) is 24.3 Å². The number of halogens is 3. The molecule has 0 aliphatic rings. The van der Waals surface area contributed by atoms with E-state index in [1.165, 1.54) is 0 Å². The molecular formula is C11H18F3N5O. The van der Waals surface area contributed by atoms with Gasteiger partial charge in [0.05, 0.1) is 0 Å². The molecule has 1 unspecified atom stereocenters. The van der Waals surface area contributed by atoms with Crippen LogP contribution in [-0.2, 0) is 6.18 Å². The molecule has 0 aliphatic carbocycles. The second kappa shape index (κ2) is 7.25. The minimum Gasteiger partial charge on any atom is -0.396 e. The maximum atomic E-state index is 12.6. The summed E-state index contributed by atoms with van der Waals surface area (Å²) < 4.78 is 37.8. The lowest BCUT2D eigenvalue weighted by atomic mass is 10.1. The van der Waals surface area contributed by atoms with Crippen LogP contribution in [0.15, 0.2) is 6.07 Å². The van der Waals surface area contributed by atoms with Crippen LogP contribution < -0.4 is 16.6 Å². The molecule has 20 heavy (non-hydrogen) atoms. The molecule has 1 heterocycles. The number of aliphatic hydroxyl groups excluding tert-OH is 1. The van der Waals surface area contributed by atoms with Crippen LogP contribution in [-0.4, -0.2) is 28.2 Å². The van der Waals surface area contributed by atoms with Crippen LogP contribution >= 0.6 is 0 Å². The highest BCUT2D eigenvalue weighted by molar-refractivity contribution is 5.42. The number of nitrogens with one attached hydrogen (secondary N) is 2. The Balaban J connectivity index is 2.65. The Bertz CT molecular complexity index is 427. The van der Waals surface area contributed by atoms with Crippen molar-refractivity contribution >= 4 is 11.8 Å². The summed E-state index contributed by atoms with van der Waals surface area (Å²) in [7, 11) is 0. The number of nitrogens with zero attached hydrogens (tertiary/aromatic N) is 2. The van der Waals surface area contributed by atoms with Crippen molar-refractivity contribution in [2.24, 2.45) is 11.8 Å². The smallest absolute Gasteiger partial charge is 0.396 e. The van der Waals surface area contributed by atoms with Crippen molar-refractivity contribution in [1.82, 2.24) is 9.97 Å². The van der Waals surface area contributed by atoms with E-state index < -0.39 is 11.9 Å². The van der Waals surface area contributed by atoms with Crippen LogP contribution in [0.25, 0.3) is 0 Å². The van der Waals surface area contributed by atoms with Crippen LogP contribution in [0, 0.1) is 5.92 Å². The van der Waals surface area contributed by atoms with Gasteiger partial charge in [0, 0.05) is 19.2 Å². The van der Waals surface area contributed by atoms with Crippen LogP contribution in [0.4, 0.5) is 24.9 Å². The molecule has 1 atom stereocenters. The van der Waals surface area contributed by atoms with E-state index in [1.807, 2.05) is 12.3 Å². The molecule has 9 heteroatoms. The van der Waals surface area contributed by atoms with E-state index in [4.69, 9.17) is 10.9 Å². The molecule has 114 valence electrons. The van der Waals surface area contributed by atoms with Gasteiger partial charge in [-0.2, -0.15) is 18.2 Å². The van der Waals surface area contributed by atoms with Gasteiger partial charge in [-0.05, 0) is 18.8 Å². The summed E-state index contributed by atoms with van der Waals surface area (Å²) in [4.78, 5) is 7.04. The zero-order valence-corrected chi connectivity index (χ0v) is 11.0. The number of nitrogen functional groups attached to an aromatic ring is 1. The first kappa shape index (κ1) is 16.4. The predicted octanol–water partition coefficient (Wildman–Crippen LogP) is 1.60. The van der Waals surface area contributed by atoms with Crippen LogP contribution in [0.2, 0.25) is 0 Å². The molecular weight excluding hydrogens is 275 g/mol. The molecule has 0 amide bonds. The molecule has 1 rings (SSSR count).